The molecule has 1 aliphatic rings. The molecule has 0 aliphatic carbocycles. The highest BCUT2D eigenvalue weighted by atomic mass is 16.5. The Morgan fingerprint density at radius 3 is 2.71 bits per heavy atom. The van der Waals surface area contributed by atoms with Gasteiger partial charge in [0.05, 0.1) is 20.3 Å². The van der Waals surface area contributed by atoms with Gasteiger partial charge < -0.3 is 19.8 Å². The predicted molar refractivity (Wildman–Crippen MR) is 109 cm³/mol. The third-order valence-corrected chi connectivity index (χ3v) is 5.13. The first-order chi connectivity index (χ1) is 13.7. The molecule has 1 aliphatic heterocycles. The van der Waals surface area contributed by atoms with Crippen LogP contribution >= 0.6 is 0 Å². The summed E-state index contributed by atoms with van der Waals surface area (Å²) in [4.78, 5) is 18.2. The number of ether oxygens (including phenoxy) is 2. The predicted octanol–water partition coefficient (Wildman–Crippen LogP) is 2.94. The van der Waals surface area contributed by atoms with Gasteiger partial charge in [0, 0.05) is 43.1 Å². The lowest BCUT2D eigenvalue weighted by atomic mass is 10.1. The number of fused-ring (bicyclic) bond motifs is 1. The Morgan fingerprint density at radius 1 is 1.14 bits per heavy atom. The van der Waals surface area contributed by atoms with Gasteiger partial charge in [0.2, 0.25) is 0 Å². The summed E-state index contributed by atoms with van der Waals surface area (Å²) in [5.74, 6) is 0.648. The number of morpholine rings is 1. The van der Waals surface area contributed by atoms with E-state index in [1.165, 1.54) is 5.56 Å². The molecule has 0 spiro atoms. The minimum absolute atomic E-state index is 0.114. The summed E-state index contributed by atoms with van der Waals surface area (Å²) >= 11 is 0. The van der Waals surface area contributed by atoms with Crippen LogP contribution in [0.1, 0.15) is 21.6 Å². The lowest BCUT2D eigenvalue weighted by Gasteiger charge is -2.27. The van der Waals surface area contributed by atoms with E-state index in [-0.39, 0.29) is 5.91 Å². The van der Waals surface area contributed by atoms with Gasteiger partial charge in [0.15, 0.2) is 0 Å². The molecule has 2 heterocycles. The van der Waals surface area contributed by atoms with E-state index in [0.717, 1.165) is 55.1 Å². The number of methoxy groups -OCH3 is 1. The molecule has 1 aromatic heterocycles. The summed E-state index contributed by atoms with van der Waals surface area (Å²) in [5.41, 5.74) is 3.82. The number of aromatic nitrogens is 1. The first-order valence-electron chi connectivity index (χ1n) is 9.55. The second-order valence-electron chi connectivity index (χ2n) is 6.98. The molecule has 1 fully saturated rings. The molecule has 0 radical (unpaired) electrons. The van der Waals surface area contributed by atoms with Gasteiger partial charge in [0.1, 0.15) is 11.4 Å². The normalized spacial score (nSPS) is 14.9. The van der Waals surface area contributed by atoms with Crippen molar-refractivity contribution >= 4 is 16.8 Å². The van der Waals surface area contributed by atoms with Crippen molar-refractivity contribution in [2.45, 2.75) is 13.1 Å². The number of carbonyl (C=O) groups is 1. The number of nitrogens with zero attached hydrogens (tertiary/aromatic N) is 1. The maximum Gasteiger partial charge on any atom is 0.267 e. The molecule has 2 aromatic carbocycles. The first-order valence-corrected chi connectivity index (χ1v) is 9.55. The van der Waals surface area contributed by atoms with E-state index in [9.17, 15) is 4.79 Å². The minimum Gasteiger partial charge on any atom is -0.497 e. The lowest BCUT2D eigenvalue weighted by molar-refractivity contribution is 0.0340. The monoisotopic (exact) mass is 379 g/mol. The summed E-state index contributed by atoms with van der Waals surface area (Å²) in [6.07, 6.45) is 0. The summed E-state index contributed by atoms with van der Waals surface area (Å²) in [7, 11) is 1.63. The smallest absolute Gasteiger partial charge is 0.267 e. The molecule has 0 bridgehead atoms. The number of benzene rings is 2. The molecule has 0 saturated carbocycles. The Kier molecular flexibility index (Phi) is 5.60. The van der Waals surface area contributed by atoms with Crippen molar-refractivity contribution < 1.29 is 14.3 Å². The lowest BCUT2D eigenvalue weighted by Crippen LogP contribution is -2.36. The van der Waals surface area contributed by atoms with Gasteiger partial charge >= 0.3 is 0 Å². The van der Waals surface area contributed by atoms with Crippen LogP contribution in [0.4, 0.5) is 0 Å². The Labute approximate surface area is 164 Å². The number of nitrogens with one attached hydrogen (secondary N) is 2. The molecule has 0 unspecified atom stereocenters. The van der Waals surface area contributed by atoms with E-state index in [1.807, 2.05) is 36.4 Å². The Balaban J connectivity index is 1.43. The standard InChI is InChI=1S/C22H25N3O3/c1-27-19-7-6-16-12-21(24-20(16)13-19)22(26)23-14-17-4-2-3-5-18(17)15-25-8-10-28-11-9-25/h2-7,12-13,24H,8-11,14-15H2,1H3,(H,23,26). The van der Waals surface area contributed by atoms with Gasteiger partial charge in [-0.15, -0.1) is 0 Å². The van der Waals surface area contributed by atoms with Gasteiger partial charge in [-0.1, -0.05) is 24.3 Å². The zero-order chi connectivity index (χ0) is 19.3. The molecular formula is C22H25N3O3. The van der Waals surface area contributed by atoms with E-state index in [4.69, 9.17) is 9.47 Å². The minimum atomic E-state index is -0.114. The second-order valence-corrected chi connectivity index (χ2v) is 6.98. The number of H-pyrrole nitrogens is 1. The molecule has 1 saturated heterocycles. The zero-order valence-electron chi connectivity index (χ0n) is 16.0. The highest BCUT2D eigenvalue weighted by molar-refractivity contribution is 5.98. The largest absolute Gasteiger partial charge is 0.497 e. The third-order valence-electron chi connectivity index (χ3n) is 5.13. The van der Waals surface area contributed by atoms with Gasteiger partial charge in [-0.3, -0.25) is 9.69 Å². The average molecular weight is 379 g/mol. The highest BCUT2D eigenvalue weighted by Crippen LogP contribution is 2.21. The molecule has 3 aromatic rings. The quantitative estimate of drug-likeness (QED) is 0.691. The molecule has 2 N–H and O–H groups in total. The fraction of sp³-hybridized carbons (Fsp3) is 0.318. The fourth-order valence-electron chi connectivity index (χ4n) is 3.51. The van der Waals surface area contributed by atoms with E-state index in [2.05, 4.69) is 27.3 Å². The molecule has 6 heteroatoms. The van der Waals surface area contributed by atoms with Crippen molar-refractivity contribution in [2.75, 3.05) is 33.4 Å². The summed E-state index contributed by atoms with van der Waals surface area (Å²) < 4.78 is 10.7. The molecule has 4 rings (SSSR count). The molecule has 1 amide bonds. The number of hydrogen-bond donors (Lipinski definition) is 2. The summed E-state index contributed by atoms with van der Waals surface area (Å²) in [6, 6.07) is 15.9. The van der Waals surface area contributed by atoms with E-state index in [0.29, 0.717) is 12.2 Å². The number of hydrogen-bond acceptors (Lipinski definition) is 4. The summed E-state index contributed by atoms with van der Waals surface area (Å²) in [5, 5.41) is 4.02. The SMILES string of the molecule is COc1ccc2cc(C(=O)NCc3ccccc3CN3CCOCC3)[nH]c2c1. The maximum atomic E-state index is 12.6. The number of amides is 1. The van der Waals surface area contributed by atoms with E-state index < -0.39 is 0 Å². The molecule has 28 heavy (non-hydrogen) atoms. The molecule has 6 nitrogen and oxygen atoms in total. The average Bonchev–Trinajstić information content (AvgIpc) is 3.17. The van der Waals surface area contributed by atoms with Crippen molar-refractivity contribution in [1.82, 2.24) is 15.2 Å². The molecule has 0 atom stereocenters. The van der Waals surface area contributed by atoms with Crippen LogP contribution in [0.3, 0.4) is 0 Å². The van der Waals surface area contributed by atoms with Crippen molar-refractivity contribution in [3.8, 4) is 5.75 Å². The van der Waals surface area contributed by atoms with Crippen LogP contribution in [0.2, 0.25) is 0 Å². The first kappa shape index (κ1) is 18.5. The summed E-state index contributed by atoms with van der Waals surface area (Å²) in [6.45, 7) is 4.83. The second kappa shape index (κ2) is 8.46. The zero-order valence-corrected chi connectivity index (χ0v) is 16.0. The number of carbonyl (C=O) groups excluding carboxylic acids is 1. The van der Waals surface area contributed by atoms with E-state index >= 15 is 0 Å². The van der Waals surface area contributed by atoms with Crippen LogP contribution in [0, 0.1) is 0 Å². The van der Waals surface area contributed by atoms with Crippen LogP contribution in [0.25, 0.3) is 10.9 Å². The van der Waals surface area contributed by atoms with Crippen molar-refractivity contribution in [3.05, 3.63) is 65.4 Å². The van der Waals surface area contributed by atoms with Crippen LogP contribution in [0.15, 0.2) is 48.5 Å². The Morgan fingerprint density at radius 2 is 1.93 bits per heavy atom. The van der Waals surface area contributed by atoms with E-state index in [1.54, 1.807) is 7.11 Å². The van der Waals surface area contributed by atoms with Crippen molar-refractivity contribution in [2.24, 2.45) is 0 Å². The van der Waals surface area contributed by atoms with Crippen molar-refractivity contribution in [3.63, 3.8) is 0 Å². The van der Waals surface area contributed by atoms with Crippen LogP contribution in [-0.4, -0.2) is 49.2 Å². The van der Waals surface area contributed by atoms with Gasteiger partial charge in [0.25, 0.3) is 5.91 Å². The number of rotatable bonds is 6. The van der Waals surface area contributed by atoms with Crippen molar-refractivity contribution in [1.29, 1.82) is 0 Å². The van der Waals surface area contributed by atoms with Crippen LogP contribution in [0.5, 0.6) is 5.75 Å². The third kappa shape index (κ3) is 4.18. The molecule has 146 valence electrons. The van der Waals surface area contributed by atoms with Crippen LogP contribution in [-0.2, 0) is 17.8 Å². The number of aromatic amines is 1. The van der Waals surface area contributed by atoms with Gasteiger partial charge in [-0.25, -0.2) is 0 Å². The Hall–Kier alpha value is -2.83. The van der Waals surface area contributed by atoms with Crippen LogP contribution < -0.4 is 10.1 Å². The fourth-order valence-corrected chi connectivity index (χ4v) is 3.51. The maximum absolute atomic E-state index is 12.6. The van der Waals surface area contributed by atoms with Gasteiger partial charge in [-0.05, 0) is 29.3 Å². The topological polar surface area (TPSA) is 66.6 Å². The Bertz CT molecular complexity index is 961. The highest BCUT2D eigenvalue weighted by Gasteiger charge is 2.14. The van der Waals surface area contributed by atoms with Gasteiger partial charge in [-0.2, -0.15) is 0 Å². The molecular weight excluding hydrogens is 354 g/mol.